The van der Waals surface area contributed by atoms with Crippen molar-refractivity contribution in [3.05, 3.63) is 36.2 Å². The van der Waals surface area contributed by atoms with Crippen molar-refractivity contribution in [1.82, 2.24) is 19.3 Å². The Morgan fingerprint density at radius 3 is 2.85 bits per heavy atom. The second kappa shape index (κ2) is 6.21. The molecule has 2 rings (SSSR count). The lowest BCUT2D eigenvalue weighted by molar-refractivity contribution is 0.271. The number of sulfonamides is 1. The summed E-state index contributed by atoms with van der Waals surface area (Å²) < 4.78 is 28.5. The third-order valence-corrected chi connectivity index (χ3v) is 4.41. The number of aryl methyl sites for hydroxylation is 1. The van der Waals surface area contributed by atoms with E-state index in [0.717, 1.165) is 5.82 Å². The molecule has 7 nitrogen and oxygen atoms in total. The predicted molar refractivity (Wildman–Crippen MR) is 73.5 cm³/mol. The SMILES string of the molecule is CCn1cc(S(=O)(=O)NCCc2ncc[nH]2)cc1CO. The fraction of sp³-hybridized carbons (Fsp3) is 0.417. The topological polar surface area (TPSA) is 100 Å². The molecule has 110 valence electrons. The zero-order chi connectivity index (χ0) is 14.6. The van der Waals surface area contributed by atoms with E-state index in [1.807, 2.05) is 6.92 Å². The Balaban J connectivity index is 2.04. The van der Waals surface area contributed by atoms with Crippen LogP contribution < -0.4 is 4.72 Å². The monoisotopic (exact) mass is 298 g/mol. The fourth-order valence-corrected chi connectivity index (χ4v) is 3.02. The molecule has 0 amide bonds. The van der Waals surface area contributed by atoms with E-state index in [1.165, 1.54) is 12.3 Å². The van der Waals surface area contributed by atoms with Crippen LogP contribution in [0.15, 0.2) is 29.6 Å². The summed E-state index contributed by atoms with van der Waals surface area (Å²) in [7, 11) is -3.56. The summed E-state index contributed by atoms with van der Waals surface area (Å²) in [5.74, 6) is 0.731. The Morgan fingerprint density at radius 1 is 1.50 bits per heavy atom. The van der Waals surface area contributed by atoms with Gasteiger partial charge in [-0.25, -0.2) is 18.1 Å². The molecule has 0 saturated carbocycles. The normalized spacial score (nSPS) is 11.9. The molecule has 0 bridgehead atoms. The van der Waals surface area contributed by atoms with E-state index in [1.54, 1.807) is 17.0 Å². The second-order valence-corrected chi connectivity index (χ2v) is 6.06. The lowest BCUT2D eigenvalue weighted by Gasteiger charge is -2.03. The van der Waals surface area contributed by atoms with Crippen molar-refractivity contribution in [3.8, 4) is 0 Å². The molecule has 0 aromatic carbocycles. The molecule has 0 fully saturated rings. The van der Waals surface area contributed by atoms with Crippen molar-refractivity contribution < 1.29 is 13.5 Å². The standard InChI is InChI=1S/C12H18N4O3S/c1-2-16-8-11(7-10(16)9-17)20(18,19)15-4-3-12-13-5-6-14-12/h5-8,15,17H,2-4,9H2,1H3,(H,13,14). The molecule has 0 aliphatic rings. The van der Waals surface area contributed by atoms with Gasteiger partial charge in [-0.15, -0.1) is 0 Å². The van der Waals surface area contributed by atoms with E-state index >= 15 is 0 Å². The van der Waals surface area contributed by atoms with Crippen LogP contribution in [0.25, 0.3) is 0 Å². The minimum absolute atomic E-state index is 0.169. The number of nitrogens with one attached hydrogen (secondary N) is 2. The van der Waals surface area contributed by atoms with Gasteiger partial charge in [-0.1, -0.05) is 0 Å². The van der Waals surface area contributed by atoms with Gasteiger partial charge < -0.3 is 14.7 Å². The molecule has 3 N–H and O–H groups in total. The molecule has 0 unspecified atom stereocenters. The van der Waals surface area contributed by atoms with E-state index in [-0.39, 0.29) is 18.0 Å². The molecule has 0 radical (unpaired) electrons. The molecule has 0 spiro atoms. The van der Waals surface area contributed by atoms with Crippen LogP contribution in [0.2, 0.25) is 0 Å². The lowest BCUT2D eigenvalue weighted by atomic mass is 10.4. The number of rotatable bonds is 7. The highest BCUT2D eigenvalue weighted by Gasteiger charge is 2.17. The molecule has 2 aromatic rings. The molecule has 0 aliphatic heterocycles. The van der Waals surface area contributed by atoms with Gasteiger partial charge in [0.2, 0.25) is 10.0 Å². The Labute approximate surface area is 117 Å². The van der Waals surface area contributed by atoms with Crippen molar-refractivity contribution in [3.63, 3.8) is 0 Å². The number of aromatic amines is 1. The first-order chi connectivity index (χ1) is 9.56. The quantitative estimate of drug-likeness (QED) is 0.682. The molecule has 2 heterocycles. The average molecular weight is 298 g/mol. The number of aliphatic hydroxyl groups excluding tert-OH is 1. The number of hydrogen-bond acceptors (Lipinski definition) is 4. The van der Waals surface area contributed by atoms with Gasteiger partial charge in [0.1, 0.15) is 5.82 Å². The van der Waals surface area contributed by atoms with Crippen molar-refractivity contribution in [2.24, 2.45) is 0 Å². The summed E-state index contributed by atoms with van der Waals surface area (Å²) in [6, 6.07) is 1.48. The molecule has 2 aromatic heterocycles. The van der Waals surface area contributed by atoms with Gasteiger partial charge in [-0.2, -0.15) is 0 Å². The van der Waals surface area contributed by atoms with E-state index < -0.39 is 10.0 Å². The molecule has 0 aliphatic carbocycles. The third kappa shape index (κ3) is 3.27. The van der Waals surface area contributed by atoms with Gasteiger partial charge in [-0.05, 0) is 13.0 Å². The third-order valence-electron chi connectivity index (χ3n) is 2.98. The first kappa shape index (κ1) is 14.8. The van der Waals surface area contributed by atoms with Crippen LogP contribution in [-0.4, -0.2) is 34.6 Å². The zero-order valence-electron chi connectivity index (χ0n) is 11.2. The first-order valence-corrected chi connectivity index (χ1v) is 7.83. The second-order valence-electron chi connectivity index (χ2n) is 4.29. The van der Waals surface area contributed by atoms with Crippen molar-refractivity contribution in [2.75, 3.05) is 6.54 Å². The van der Waals surface area contributed by atoms with Crippen LogP contribution >= 0.6 is 0 Å². The predicted octanol–water partition coefficient (Wildman–Crippen LogP) is 0.244. The van der Waals surface area contributed by atoms with E-state index in [2.05, 4.69) is 14.7 Å². The number of imidazole rings is 1. The Bertz CT molecular complexity index is 625. The Hall–Kier alpha value is -1.64. The van der Waals surface area contributed by atoms with Gasteiger partial charge in [-0.3, -0.25) is 0 Å². The maximum Gasteiger partial charge on any atom is 0.242 e. The van der Waals surface area contributed by atoms with Crippen LogP contribution in [-0.2, 0) is 29.6 Å². The summed E-state index contributed by atoms with van der Waals surface area (Å²) >= 11 is 0. The highest BCUT2D eigenvalue weighted by molar-refractivity contribution is 7.89. The van der Waals surface area contributed by atoms with Gasteiger partial charge in [0.15, 0.2) is 0 Å². The Morgan fingerprint density at radius 2 is 2.30 bits per heavy atom. The van der Waals surface area contributed by atoms with Gasteiger partial charge in [0.25, 0.3) is 0 Å². The van der Waals surface area contributed by atoms with Crippen LogP contribution in [0, 0.1) is 0 Å². The highest BCUT2D eigenvalue weighted by Crippen LogP contribution is 2.14. The smallest absolute Gasteiger partial charge is 0.242 e. The summed E-state index contributed by atoms with van der Waals surface area (Å²) in [6.45, 7) is 2.58. The van der Waals surface area contributed by atoms with E-state index in [9.17, 15) is 13.5 Å². The number of nitrogens with zero attached hydrogens (tertiary/aromatic N) is 2. The number of aromatic nitrogens is 3. The molecule has 0 saturated heterocycles. The summed E-state index contributed by atoms with van der Waals surface area (Å²) in [6.07, 6.45) is 5.34. The molecule has 8 heteroatoms. The lowest BCUT2D eigenvalue weighted by Crippen LogP contribution is -2.26. The average Bonchev–Trinajstić information content (AvgIpc) is 3.07. The molecule has 20 heavy (non-hydrogen) atoms. The van der Waals surface area contributed by atoms with Crippen molar-refractivity contribution in [1.29, 1.82) is 0 Å². The van der Waals surface area contributed by atoms with Crippen LogP contribution in [0.1, 0.15) is 18.4 Å². The Kier molecular flexibility index (Phi) is 4.58. The zero-order valence-corrected chi connectivity index (χ0v) is 12.0. The molecular weight excluding hydrogens is 280 g/mol. The molecule has 0 atom stereocenters. The maximum atomic E-state index is 12.1. The minimum atomic E-state index is -3.56. The summed E-state index contributed by atoms with van der Waals surface area (Å²) in [5, 5.41) is 9.18. The number of aliphatic hydroxyl groups is 1. The number of H-pyrrole nitrogens is 1. The first-order valence-electron chi connectivity index (χ1n) is 6.34. The van der Waals surface area contributed by atoms with Crippen molar-refractivity contribution in [2.45, 2.75) is 31.4 Å². The fourth-order valence-electron chi connectivity index (χ4n) is 1.92. The molecular formula is C12H18N4O3S. The van der Waals surface area contributed by atoms with Gasteiger partial charge >= 0.3 is 0 Å². The largest absolute Gasteiger partial charge is 0.390 e. The summed E-state index contributed by atoms with van der Waals surface area (Å²) in [4.78, 5) is 7.11. The van der Waals surface area contributed by atoms with Crippen LogP contribution in [0.5, 0.6) is 0 Å². The number of hydrogen-bond donors (Lipinski definition) is 3. The minimum Gasteiger partial charge on any atom is -0.390 e. The highest BCUT2D eigenvalue weighted by atomic mass is 32.2. The van der Waals surface area contributed by atoms with Gasteiger partial charge in [0.05, 0.1) is 11.5 Å². The van der Waals surface area contributed by atoms with E-state index in [0.29, 0.717) is 18.7 Å². The van der Waals surface area contributed by atoms with Crippen LogP contribution in [0.3, 0.4) is 0 Å². The van der Waals surface area contributed by atoms with E-state index in [4.69, 9.17) is 0 Å². The van der Waals surface area contributed by atoms with Crippen LogP contribution in [0.4, 0.5) is 0 Å². The summed E-state index contributed by atoms with van der Waals surface area (Å²) in [5.41, 5.74) is 0.582. The van der Waals surface area contributed by atoms with Gasteiger partial charge in [0, 0.05) is 43.8 Å². The van der Waals surface area contributed by atoms with Crippen molar-refractivity contribution >= 4 is 10.0 Å². The maximum absolute atomic E-state index is 12.1.